The highest BCUT2D eigenvalue weighted by Crippen LogP contribution is 2.33. The van der Waals surface area contributed by atoms with Crippen molar-refractivity contribution in [3.8, 4) is 11.5 Å². The molecule has 0 spiro atoms. The van der Waals surface area contributed by atoms with Gasteiger partial charge >= 0.3 is 0 Å². The van der Waals surface area contributed by atoms with E-state index in [1.54, 1.807) is 20.8 Å². The van der Waals surface area contributed by atoms with Gasteiger partial charge in [-0.1, -0.05) is 51.6 Å². The summed E-state index contributed by atoms with van der Waals surface area (Å²) in [5, 5.41) is 21.0. The minimum Gasteiger partial charge on any atom is -0.491 e. The van der Waals surface area contributed by atoms with Gasteiger partial charge in [0.2, 0.25) is 5.91 Å². The predicted octanol–water partition coefficient (Wildman–Crippen LogP) is 6.52. The van der Waals surface area contributed by atoms with E-state index in [9.17, 15) is 18.3 Å². The zero-order valence-corrected chi connectivity index (χ0v) is 37.4. The SMILES string of the molecule is C=CC(=O)NC(C)(C)C.CC(C)(C)N1CC1.CC(C)(C)OS(C)(=O)=O.CCC(O)COc1ccc(C(C)(C)c2ccc(OCCOCCOCCO)cc2)cc1. The fraction of sp³-hybridized carbons (Fsp3) is 0.651. The van der Waals surface area contributed by atoms with Crippen LogP contribution in [0, 0.1) is 0 Å². The molecule has 0 saturated carbocycles. The Morgan fingerprint density at radius 3 is 1.55 bits per heavy atom. The maximum atomic E-state index is 10.6. The smallest absolute Gasteiger partial charge is 0.264 e. The van der Waals surface area contributed by atoms with Crippen LogP contribution in [0.1, 0.15) is 101 Å². The van der Waals surface area contributed by atoms with Gasteiger partial charge in [-0.05, 0) is 110 Å². The Hall–Kier alpha value is -3.04. The molecule has 1 amide bonds. The summed E-state index contributed by atoms with van der Waals surface area (Å²) in [7, 11) is -3.28. The second-order valence-corrected chi connectivity index (χ2v) is 18.4. The van der Waals surface area contributed by atoms with E-state index in [-0.39, 0.29) is 23.5 Å². The van der Waals surface area contributed by atoms with Crippen LogP contribution in [0.5, 0.6) is 11.5 Å². The van der Waals surface area contributed by atoms with E-state index in [0.29, 0.717) is 51.6 Å². The number of carbonyl (C=O) groups excluding carboxylic acids is 1. The molecule has 1 fully saturated rings. The highest BCUT2D eigenvalue weighted by Gasteiger charge is 2.29. The number of carbonyl (C=O) groups is 1. The maximum absolute atomic E-state index is 10.6. The Labute approximate surface area is 339 Å². The Kier molecular flexibility index (Phi) is 24.0. The Balaban J connectivity index is 0.000000970. The summed E-state index contributed by atoms with van der Waals surface area (Å²) in [4.78, 5) is 13.0. The largest absolute Gasteiger partial charge is 0.491 e. The summed E-state index contributed by atoms with van der Waals surface area (Å²) in [5.41, 5.74) is 1.89. The van der Waals surface area contributed by atoms with Crippen molar-refractivity contribution in [2.45, 2.75) is 118 Å². The van der Waals surface area contributed by atoms with E-state index in [4.69, 9.17) is 24.1 Å². The molecule has 1 heterocycles. The van der Waals surface area contributed by atoms with Gasteiger partial charge in [-0.3, -0.25) is 13.9 Å². The number of aliphatic hydroxyl groups is 2. The molecule has 1 aliphatic rings. The van der Waals surface area contributed by atoms with Crippen LogP contribution in [0.25, 0.3) is 0 Å². The van der Waals surface area contributed by atoms with Crippen LogP contribution < -0.4 is 14.8 Å². The minimum absolute atomic E-state index is 0.0275. The summed E-state index contributed by atoms with van der Waals surface area (Å²) in [6.07, 6.45) is 2.55. The van der Waals surface area contributed by atoms with E-state index < -0.39 is 21.8 Å². The molecular weight excluding hydrogens is 737 g/mol. The van der Waals surface area contributed by atoms with Crippen LogP contribution in [-0.4, -0.2) is 118 Å². The average molecular weight is 811 g/mol. The first-order valence-corrected chi connectivity index (χ1v) is 21.1. The van der Waals surface area contributed by atoms with Crippen molar-refractivity contribution in [3.63, 3.8) is 0 Å². The molecule has 0 bridgehead atoms. The van der Waals surface area contributed by atoms with E-state index >= 15 is 0 Å². The van der Waals surface area contributed by atoms with Crippen molar-refractivity contribution in [1.82, 2.24) is 10.2 Å². The van der Waals surface area contributed by atoms with Gasteiger partial charge in [0.15, 0.2) is 0 Å². The molecule has 0 radical (unpaired) electrons. The number of amides is 1. The zero-order chi connectivity index (χ0) is 43.2. The average Bonchev–Trinajstić information content (AvgIpc) is 3.94. The number of aliphatic hydroxyl groups excluding tert-OH is 2. The van der Waals surface area contributed by atoms with Crippen molar-refractivity contribution in [3.05, 3.63) is 72.3 Å². The fourth-order valence-electron chi connectivity index (χ4n) is 4.61. The Bertz CT molecular complexity index is 1470. The number of benzene rings is 2. The van der Waals surface area contributed by atoms with Crippen molar-refractivity contribution < 1.29 is 46.6 Å². The van der Waals surface area contributed by atoms with Crippen molar-refractivity contribution in [2.24, 2.45) is 0 Å². The topological polar surface area (TPSA) is 153 Å². The molecule has 1 aliphatic heterocycles. The molecule has 56 heavy (non-hydrogen) atoms. The molecule has 0 aromatic heterocycles. The van der Waals surface area contributed by atoms with Crippen LogP contribution in [0.2, 0.25) is 0 Å². The van der Waals surface area contributed by atoms with Gasteiger partial charge in [0, 0.05) is 29.6 Å². The van der Waals surface area contributed by atoms with Gasteiger partial charge in [-0.2, -0.15) is 8.42 Å². The highest BCUT2D eigenvalue weighted by atomic mass is 32.2. The first-order valence-electron chi connectivity index (χ1n) is 19.3. The second-order valence-electron chi connectivity index (χ2n) is 16.8. The molecule has 3 rings (SSSR count). The molecule has 2 aromatic rings. The van der Waals surface area contributed by atoms with E-state index in [1.165, 1.54) is 30.3 Å². The summed E-state index contributed by atoms with van der Waals surface area (Å²) >= 11 is 0. The quantitative estimate of drug-likeness (QED) is 0.0694. The monoisotopic (exact) mass is 811 g/mol. The number of nitrogens with one attached hydrogen (secondary N) is 1. The lowest BCUT2D eigenvalue weighted by Crippen LogP contribution is -2.39. The lowest BCUT2D eigenvalue weighted by molar-refractivity contribution is -0.117. The predicted molar refractivity (Wildman–Crippen MR) is 226 cm³/mol. The van der Waals surface area contributed by atoms with Gasteiger partial charge in [0.05, 0.1) is 51.0 Å². The number of ether oxygens (including phenoxy) is 4. The van der Waals surface area contributed by atoms with Crippen LogP contribution in [0.3, 0.4) is 0 Å². The molecule has 13 heteroatoms. The van der Waals surface area contributed by atoms with Gasteiger partial charge in [0.25, 0.3) is 10.1 Å². The first-order chi connectivity index (χ1) is 25.7. The number of hydrogen-bond acceptors (Lipinski definition) is 11. The third-order valence-electron chi connectivity index (χ3n) is 7.65. The van der Waals surface area contributed by atoms with Gasteiger partial charge in [-0.15, -0.1) is 0 Å². The molecule has 3 N–H and O–H groups in total. The van der Waals surface area contributed by atoms with Crippen LogP contribution in [-0.2, 0) is 34.0 Å². The normalized spacial score (nSPS) is 13.7. The Morgan fingerprint density at radius 1 is 0.804 bits per heavy atom. The third-order valence-corrected chi connectivity index (χ3v) is 8.45. The van der Waals surface area contributed by atoms with Crippen molar-refractivity contribution in [1.29, 1.82) is 0 Å². The van der Waals surface area contributed by atoms with Crippen molar-refractivity contribution >= 4 is 16.0 Å². The van der Waals surface area contributed by atoms with Crippen LogP contribution in [0.4, 0.5) is 0 Å². The van der Waals surface area contributed by atoms with Crippen molar-refractivity contribution in [2.75, 3.05) is 65.6 Å². The second kappa shape index (κ2) is 25.3. The molecule has 322 valence electrons. The lowest BCUT2D eigenvalue weighted by atomic mass is 9.78. The standard InChI is InChI=1S/C25H36O6.C7H13NO.C6H13N.C5H12O3S/c1-4-22(27)19-31-24-11-7-21(8-12-24)25(2,3)20-5-9-23(10-6-20)30-18-17-29-16-15-28-14-13-26;1-5-6(9)8-7(2,3)4;1-6(2,3)7-4-5-7;1-5(2,3)8-9(4,6)7/h5-12,22,26-27H,4,13-19H2,1-3H3;5H,1H2,2-4H3,(H,8,9);4-5H2,1-3H3;1-4H3. The highest BCUT2D eigenvalue weighted by molar-refractivity contribution is 7.86. The molecule has 2 aromatic carbocycles. The zero-order valence-electron chi connectivity index (χ0n) is 36.6. The fourth-order valence-corrected chi connectivity index (χ4v) is 5.52. The Morgan fingerprint density at radius 2 is 1.25 bits per heavy atom. The number of nitrogens with zero attached hydrogens (tertiary/aromatic N) is 1. The molecular formula is C43H74N2O10S. The number of hydrogen-bond donors (Lipinski definition) is 3. The van der Waals surface area contributed by atoms with Gasteiger partial charge in [0.1, 0.15) is 24.7 Å². The first kappa shape index (κ1) is 53.0. The molecule has 1 atom stereocenters. The molecule has 0 aliphatic carbocycles. The molecule has 12 nitrogen and oxygen atoms in total. The summed E-state index contributed by atoms with van der Waals surface area (Å²) in [6, 6.07) is 16.2. The maximum Gasteiger partial charge on any atom is 0.264 e. The van der Waals surface area contributed by atoms with Crippen LogP contribution in [0.15, 0.2) is 61.2 Å². The van der Waals surface area contributed by atoms with Gasteiger partial charge in [-0.25, -0.2) is 0 Å². The molecule has 1 unspecified atom stereocenters. The summed E-state index contributed by atoms with van der Waals surface area (Å²) in [6.45, 7) is 32.4. The van der Waals surface area contributed by atoms with E-state index in [0.717, 1.165) is 17.8 Å². The van der Waals surface area contributed by atoms with Gasteiger partial charge < -0.3 is 34.5 Å². The minimum atomic E-state index is -3.28. The lowest BCUT2D eigenvalue weighted by Gasteiger charge is -2.26. The number of rotatable bonds is 17. The third kappa shape index (κ3) is 27.5. The van der Waals surface area contributed by atoms with E-state index in [1.807, 2.05) is 52.0 Å². The summed E-state index contributed by atoms with van der Waals surface area (Å²) < 4.78 is 47.4. The summed E-state index contributed by atoms with van der Waals surface area (Å²) in [5.74, 6) is 1.44. The molecule has 1 saturated heterocycles. The van der Waals surface area contributed by atoms with E-state index in [2.05, 4.69) is 79.9 Å². The van der Waals surface area contributed by atoms with Crippen LogP contribution >= 0.6 is 0 Å².